The monoisotopic (exact) mass is 351 g/mol. The first-order valence-corrected chi connectivity index (χ1v) is 9.79. The van der Waals surface area contributed by atoms with Crippen molar-refractivity contribution in [2.24, 2.45) is 5.41 Å². The Morgan fingerprint density at radius 3 is 2.88 bits per heavy atom. The van der Waals surface area contributed by atoms with Crippen molar-refractivity contribution in [3.8, 4) is 6.07 Å². The summed E-state index contributed by atoms with van der Waals surface area (Å²) < 4.78 is 28.9. The third-order valence-corrected chi connectivity index (χ3v) is 6.16. The quantitative estimate of drug-likeness (QED) is 0.808. The predicted molar refractivity (Wildman–Crippen MR) is 87.5 cm³/mol. The zero-order chi connectivity index (χ0) is 17.4. The van der Waals surface area contributed by atoms with Crippen molar-refractivity contribution >= 4 is 21.7 Å². The van der Waals surface area contributed by atoms with Gasteiger partial charge in [0.25, 0.3) is 0 Å². The molecule has 0 aromatic carbocycles. The van der Waals surface area contributed by atoms with Gasteiger partial charge >= 0.3 is 0 Å². The third-order valence-electron chi connectivity index (χ3n) is 4.59. The van der Waals surface area contributed by atoms with Gasteiger partial charge in [-0.3, -0.25) is 9.69 Å². The summed E-state index contributed by atoms with van der Waals surface area (Å²) in [6, 6.07) is 3.05. The molecule has 0 unspecified atom stereocenters. The fourth-order valence-electron chi connectivity index (χ4n) is 3.07. The van der Waals surface area contributed by atoms with Crippen molar-refractivity contribution in [3.05, 3.63) is 12.3 Å². The minimum absolute atomic E-state index is 0.229. The second kappa shape index (κ2) is 6.18. The zero-order valence-corrected chi connectivity index (χ0v) is 14.4. The standard InChI is InChI=1S/C15H21N5O3S/c1-2-20-13(5-8-17-20)19-9-3-4-12(14(19)21)18-24(22,23)11-15(10-16)6-7-15/h5,8,12,18H,2-4,6-7,9,11H2,1H3/t12-/m0/s1. The molecule has 130 valence electrons. The Kier molecular flexibility index (Phi) is 4.36. The van der Waals surface area contributed by atoms with E-state index in [1.54, 1.807) is 21.8 Å². The third kappa shape index (κ3) is 3.30. The maximum Gasteiger partial charge on any atom is 0.246 e. The van der Waals surface area contributed by atoms with Gasteiger partial charge in [0.15, 0.2) is 0 Å². The molecule has 9 heteroatoms. The number of aromatic nitrogens is 2. The van der Waals surface area contributed by atoms with Crippen LogP contribution in [0.1, 0.15) is 32.6 Å². The Morgan fingerprint density at radius 2 is 2.25 bits per heavy atom. The molecule has 8 nitrogen and oxygen atoms in total. The largest absolute Gasteiger partial charge is 0.296 e. The molecule has 2 aliphatic rings. The van der Waals surface area contributed by atoms with Crippen LogP contribution in [0.5, 0.6) is 0 Å². The highest BCUT2D eigenvalue weighted by molar-refractivity contribution is 7.89. The van der Waals surface area contributed by atoms with Gasteiger partial charge in [0.1, 0.15) is 11.9 Å². The molecule has 0 radical (unpaired) electrons. The van der Waals surface area contributed by atoms with Gasteiger partial charge in [0, 0.05) is 19.2 Å². The van der Waals surface area contributed by atoms with E-state index in [2.05, 4.69) is 15.9 Å². The second-order valence-corrected chi connectivity index (χ2v) is 8.21. The lowest BCUT2D eigenvalue weighted by molar-refractivity contribution is -0.121. The lowest BCUT2D eigenvalue weighted by Gasteiger charge is -2.32. The number of nitrogens with one attached hydrogen (secondary N) is 1. The molecule has 1 saturated heterocycles. The van der Waals surface area contributed by atoms with Crippen molar-refractivity contribution in [2.45, 2.75) is 45.2 Å². The Morgan fingerprint density at radius 1 is 1.50 bits per heavy atom. The van der Waals surface area contributed by atoms with Crippen molar-refractivity contribution in [2.75, 3.05) is 17.2 Å². The first-order chi connectivity index (χ1) is 11.4. The lowest BCUT2D eigenvalue weighted by Crippen LogP contribution is -2.53. The Hall–Kier alpha value is -1.92. The fraction of sp³-hybridized carbons (Fsp3) is 0.667. The number of nitriles is 1. The first-order valence-electron chi connectivity index (χ1n) is 8.14. The molecule has 1 atom stereocenters. The number of aryl methyl sites for hydroxylation is 1. The van der Waals surface area contributed by atoms with E-state index in [1.807, 2.05) is 6.92 Å². The van der Waals surface area contributed by atoms with Crippen LogP contribution in [0.15, 0.2) is 12.3 Å². The fourth-order valence-corrected chi connectivity index (χ4v) is 4.89. The average molecular weight is 351 g/mol. The van der Waals surface area contributed by atoms with Crippen molar-refractivity contribution < 1.29 is 13.2 Å². The summed E-state index contributed by atoms with van der Waals surface area (Å²) >= 11 is 0. The van der Waals surface area contributed by atoms with Crippen molar-refractivity contribution in [1.29, 1.82) is 5.26 Å². The maximum atomic E-state index is 12.7. The van der Waals surface area contributed by atoms with Gasteiger partial charge in [-0.05, 0) is 32.6 Å². The number of carbonyl (C=O) groups is 1. The molecule has 1 aliphatic heterocycles. The van der Waals surface area contributed by atoms with Crippen LogP contribution in [-0.2, 0) is 21.4 Å². The van der Waals surface area contributed by atoms with Crippen LogP contribution >= 0.6 is 0 Å². The highest BCUT2D eigenvalue weighted by Crippen LogP contribution is 2.45. The van der Waals surface area contributed by atoms with Gasteiger partial charge in [-0.1, -0.05) is 0 Å². The average Bonchev–Trinajstić information content (AvgIpc) is 3.14. The molecule has 24 heavy (non-hydrogen) atoms. The molecular formula is C15H21N5O3S. The smallest absolute Gasteiger partial charge is 0.246 e. The molecule has 0 bridgehead atoms. The molecule has 1 aromatic heterocycles. The Bertz CT molecular complexity index is 775. The van der Waals surface area contributed by atoms with Gasteiger partial charge in [-0.25, -0.2) is 17.8 Å². The summed E-state index contributed by atoms with van der Waals surface area (Å²) in [7, 11) is -3.67. The molecule has 1 N–H and O–H groups in total. The molecule has 2 heterocycles. The van der Waals surface area contributed by atoms with Gasteiger partial charge in [-0.2, -0.15) is 10.4 Å². The first kappa shape index (κ1) is 16.9. The molecule has 1 amide bonds. The lowest BCUT2D eigenvalue weighted by atomic mass is 10.1. The molecule has 1 aromatic rings. The molecule has 1 saturated carbocycles. The van der Waals surface area contributed by atoms with Crippen LogP contribution < -0.4 is 9.62 Å². The number of rotatable bonds is 6. The van der Waals surface area contributed by atoms with Crippen LogP contribution in [-0.4, -0.2) is 42.4 Å². The van der Waals surface area contributed by atoms with E-state index in [9.17, 15) is 13.2 Å². The Balaban J connectivity index is 1.73. The molecule has 1 aliphatic carbocycles. The van der Waals surface area contributed by atoms with E-state index in [1.165, 1.54) is 0 Å². The second-order valence-electron chi connectivity index (χ2n) is 6.46. The maximum absolute atomic E-state index is 12.7. The summed E-state index contributed by atoms with van der Waals surface area (Å²) in [5.74, 6) is 0.191. The minimum Gasteiger partial charge on any atom is -0.296 e. The van der Waals surface area contributed by atoms with E-state index in [4.69, 9.17) is 5.26 Å². The van der Waals surface area contributed by atoms with Gasteiger partial charge < -0.3 is 0 Å². The number of hydrogen-bond donors (Lipinski definition) is 1. The topological polar surface area (TPSA) is 108 Å². The summed E-state index contributed by atoms with van der Waals surface area (Å²) in [5.41, 5.74) is -0.760. The Labute approximate surface area is 141 Å². The molecular weight excluding hydrogens is 330 g/mol. The summed E-state index contributed by atoms with van der Waals surface area (Å²) in [5, 5.41) is 13.2. The number of hydrogen-bond acceptors (Lipinski definition) is 5. The van der Waals surface area contributed by atoms with E-state index < -0.39 is 21.5 Å². The van der Waals surface area contributed by atoms with Crippen LogP contribution in [0.2, 0.25) is 0 Å². The SMILES string of the molecule is CCn1nccc1N1CCC[C@H](NS(=O)(=O)CC2(C#N)CC2)C1=O. The van der Waals surface area contributed by atoms with Crippen molar-refractivity contribution in [3.63, 3.8) is 0 Å². The normalized spacial score (nSPS) is 23.1. The highest BCUT2D eigenvalue weighted by Gasteiger charge is 2.47. The summed E-state index contributed by atoms with van der Waals surface area (Å²) in [6.07, 6.45) is 4.00. The van der Waals surface area contributed by atoms with E-state index in [-0.39, 0.29) is 11.7 Å². The summed E-state index contributed by atoms with van der Waals surface area (Å²) in [4.78, 5) is 14.3. The predicted octanol–water partition coefficient (Wildman–Crippen LogP) is 0.622. The number of piperidine rings is 1. The minimum atomic E-state index is -3.67. The van der Waals surface area contributed by atoms with E-state index >= 15 is 0 Å². The van der Waals surface area contributed by atoms with Crippen molar-refractivity contribution in [1.82, 2.24) is 14.5 Å². The van der Waals surface area contributed by atoms with Gasteiger partial charge in [-0.15, -0.1) is 0 Å². The van der Waals surface area contributed by atoms with Gasteiger partial charge in [0.2, 0.25) is 15.9 Å². The zero-order valence-electron chi connectivity index (χ0n) is 13.6. The van der Waals surface area contributed by atoms with Crippen LogP contribution in [0, 0.1) is 16.7 Å². The van der Waals surface area contributed by atoms with E-state index in [0.717, 1.165) is 0 Å². The number of nitrogens with zero attached hydrogens (tertiary/aromatic N) is 4. The summed E-state index contributed by atoms with van der Waals surface area (Å²) in [6.45, 7) is 3.11. The number of carbonyl (C=O) groups excluding carboxylic acids is 1. The number of sulfonamides is 1. The number of anilines is 1. The molecule has 3 rings (SSSR count). The van der Waals surface area contributed by atoms with Crippen LogP contribution in [0.4, 0.5) is 5.82 Å². The van der Waals surface area contributed by atoms with Gasteiger partial charge in [0.05, 0.1) is 23.4 Å². The molecule has 2 fully saturated rings. The van der Waals surface area contributed by atoms with E-state index in [0.29, 0.717) is 44.6 Å². The number of amides is 1. The highest BCUT2D eigenvalue weighted by atomic mass is 32.2. The van der Waals surface area contributed by atoms with Crippen LogP contribution in [0.3, 0.4) is 0 Å². The van der Waals surface area contributed by atoms with Crippen LogP contribution in [0.25, 0.3) is 0 Å². The molecule has 0 spiro atoms.